The molecule has 0 N–H and O–H groups in total. The van der Waals surface area contributed by atoms with Crippen molar-refractivity contribution >= 4 is 5.97 Å². The predicted octanol–water partition coefficient (Wildman–Crippen LogP) is 2.50. The van der Waals surface area contributed by atoms with E-state index >= 15 is 0 Å². The van der Waals surface area contributed by atoms with E-state index in [0.717, 1.165) is 18.4 Å². The molecule has 69 valence electrons. The number of esters is 1. The molecule has 0 saturated carbocycles. The van der Waals surface area contributed by atoms with Gasteiger partial charge >= 0.3 is 5.97 Å². The minimum Gasteiger partial charge on any atom is -0.462 e. The van der Waals surface area contributed by atoms with E-state index < -0.39 is 0 Å². The number of hydrogen-bond acceptors (Lipinski definition) is 2. The van der Waals surface area contributed by atoms with E-state index in [-0.39, 0.29) is 5.97 Å². The van der Waals surface area contributed by atoms with Gasteiger partial charge in [0.2, 0.25) is 0 Å². The Morgan fingerprint density at radius 1 is 1.42 bits per heavy atom. The molecule has 0 rings (SSSR count). The largest absolute Gasteiger partial charge is 0.462 e. The molecular weight excluding hydrogens is 152 g/mol. The number of rotatable bonds is 4. The maximum Gasteiger partial charge on any atom is 0.333 e. The number of unbranched alkanes of at least 4 members (excludes halogenated alkanes) is 1. The highest BCUT2D eigenvalue weighted by atomic mass is 16.5. The van der Waals surface area contributed by atoms with Gasteiger partial charge in [-0.3, -0.25) is 0 Å². The maximum absolute atomic E-state index is 11.1. The van der Waals surface area contributed by atoms with E-state index in [1.165, 1.54) is 0 Å². The van der Waals surface area contributed by atoms with Gasteiger partial charge in [-0.05, 0) is 27.2 Å². The average molecular weight is 169 g/mol. The molecule has 1 radical (unpaired) electrons. The second-order valence-electron chi connectivity index (χ2n) is 2.97. The third kappa shape index (κ3) is 4.16. The Morgan fingerprint density at radius 3 is 2.42 bits per heavy atom. The van der Waals surface area contributed by atoms with Gasteiger partial charge in [0.1, 0.15) is 0 Å². The van der Waals surface area contributed by atoms with E-state index in [4.69, 9.17) is 4.74 Å². The first-order valence-corrected chi connectivity index (χ1v) is 4.26. The van der Waals surface area contributed by atoms with Crippen molar-refractivity contribution in [1.82, 2.24) is 0 Å². The predicted molar refractivity (Wildman–Crippen MR) is 49.6 cm³/mol. The lowest BCUT2D eigenvalue weighted by atomic mass is 10.2. The molecule has 0 atom stereocenters. The molecule has 0 aliphatic carbocycles. The zero-order chi connectivity index (χ0) is 9.56. The first-order chi connectivity index (χ1) is 5.59. The molecule has 0 spiro atoms. The maximum atomic E-state index is 11.1. The van der Waals surface area contributed by atoms with Crippen LogP contribution in [-0.4, -0.2) is 12.6 Å². The van der Waals surface area contributed by atoms with E-state index in [2.05, 4.69) is 13.8 Å². The third-order valence-corrected chi connectivity index (χ3v) is 1.58. The van der Waals surface area contributed by atoms with Gasteiger partial charge in [-0.15, -0.1) is 0 Å². The Labute approximate surface area is 74.6 Å². The summed E-state index contributed by atoms with van der Waals surface area (Å²) in [5, 5.41) is 0. The topological polar surface area (TPSA) is 26.3 Å². The van der Waals surface area contributed by atoms with Gasteiger partial charge in [0.05, 0.1) is 6.61 Å². The lowest BCUT2D eigenvalue weighted by Crippen LogP contribution is -2.08. The lowest BCUT2D eigenvalue weighted by Gasteiger charge is -2.04. The van der Waals surface area contributed by atoms with Crippen molar-refractivity contribution in [2.75, 3.05) is 6.61 Å². The zero-order valence-corrected chi connectivity index (χ0v) is 8.14. The minimum absolute atomic E-state index is 0.288. The number of carbonyl (C=O) groups is 1. The van der Waals surface area contributed by atoms with Crippen LogP contribution in [0.25, 0.3) is 0 Å². The Balaban J connectivity index is 3.81. The van der Waals surface area contributed by atoms with Gasteiger partial charge in [-0.2, -0.15) is 0 Å². The highest BCUT2D eigenvalue weighted by Gasteiger charge is 2.05. The number of hydrogen-bond donors (Lipinski definition) is 0. The Kier molecular flexibility index (Phi) is 5.43. The normalized spacial score (nSPS) is 9.33. The van der Waals surface area contributed by atoms with Crippen LogP contribution in [0.4, 0.5) is 0 Å². The van der Waals surface area contributed by atoms with Gasteiger partial charge in [-0.25, -0.2) is 4.79 Å². The van der Waals surface area contributed by atoms with Gasteiger partial charge in [0.25, 0.3) is 0 Å². The summed E-state index contributed by atoms with van der Waals surface area (Å²) in [7, 11) is 0. The smallest absolute Gasteiger partial charge is 0.333 e. The van der Waals surface area contributed by atoms with Crippen molar-refractivity contribution in [2.45, 2.75) is 33.6 Å². The summed E-state index contributed by atoms with van der Waals surface area (Å²) in [5.41, 5.74) is 1.39. The molecule has 0 heterocycles. The van der Waals surface area contributed by atoms with Crippen molar-refractivity contribution in [3.63, 3.8) is 0 Å². The monoisotopic (exact) mass is 169 g/mol. The fourth-order valence-electron chi connectivity index (χ4n) is 0.600. The van der Waals surface area contributed by atoms with Gasteiger partial charge in [-0.1, -0.05) is 18.9 Å². The van der Waals surface area contributed by atoms with Gasteiger partial charge in [0.15, 0.2) is 0 Å². The summed E-state index contributed by atoms with van der Waals surface area (Å²) < 4.78 is 4.95. The summed E-state index contributed by atoms with van der Waals surface area (Å²) in [6, 6.07) is 0. The number of allylic oxidation sites excluding steroid dienone is 1. The molecule has 0 aliphatic heterocycles. The summed E-state index contributed by atoms with van der Waals surface area (Å²) in [6.07, 6.45) is 1.95. The Hall–Kier alpha value is -0.790. The highest BCUT2D eigenvalue weighted by Crippen LogP contribution is 2.04. The van der Waals surface area contributed by atoms with Crippen LogP contribution in [0.3, 0.4) is 0 Å². The molecule has 0 saturated heterocycles. The first-order valence-electron chi connectivity index (χ1n) is 4.26. The molecule has 12 heavy (non-hydrogen) atoms. The molecule has 2 heteroatoms. The summed E-state index contributed by atoms with van der Waals surface area (Å²) in [6.45, 7) is 9.88. The molecule has 0 aromatic heterocycles. The molecular formula is C10H17O2. The van der Waals surface area contributed by atoms with Gasteiger partial charge < -0.3 is 4.74 Å². The molecule has 0 aliphatic rings. The average Bonchev–Trinajstić information content (AvgIpc) is 2.03. The van der Waals surface area contributed by atoms with Crippen LogP contribution in [0.1, 0.15) is 33.6 Å². The lowest BCUT2D eigenvalue weighted by molar-refractivity contribution is -0.138. The van der Waals surface area contributed by atoms with Crippen molar-refractivity contribution in [3.05, 3.63) is 18.1 Å². The van der Waals surface area contributed by atoms with Crippen molar-refractivity contribution in [3.8, 4) is 0 Å². The van der Waals surface area contributed by atoms with Crippen molar-refractivity contribution in [1.29, 1.82) is 0 Å². The fraction of sp³-hybridized carbons (Fsp3) is 0.600. The molecule has 2 nitrogen and oxygen atoms in total. The molecule has 0 amide bonds. The Morgan fingerprint density at radius 2 is 2.00 bits per heavy atom. The van der Waals surface area contributed by atoms with Crippen LogP contribution >= 0.6 is 0 Å². The SMILES string of the molecule is [CH2]C(C(=O)OCCCC)=C(C)C. The van der Waals surface area contributed by atoms with E-state index in [9.17, 15) is 4.79 Å². The standard InChI is InChI=1S/C10H17O2/c1-5-6-7-12-10(11)9(4)8(2)3/h4-7H2,1-3H3. The van der Waals surface area contributed by atoms with Gasteiger partial charge in [0, 0.05) is 5.57 Å². The van der Waals surface area contributed by atoms with E-state index in [1.807, 2.05) is 13.8 Å². The highest BCUT2D eigenvalue weighted by molar-refractivity contribution is 5.90. The minimum atomic E-state index is -0.288. The number of ether oxygens (including phenoxy) is 1. The van der Waals surface area contributed by atoms with Crippen LogP contribution in [0.5, 0.6) is 0 Å². The second kappa shape index (κ2) is 5.81. The van der Waals surface area contributed by atoms with E-state index in [1.54, 1.807) is 0 Å². The molecule has 0 unspecified atom stereocenters. The molecule has 0 aromatic rings. The first kappa shape index (κ1) is 11.2. The van der Waals surface area contributed by atoms with E-state index in [0.29, 0.717) is 12.2 Å². The third-order valence-electron chi connectivity index (χ3n) is 1.58. The molecule has 0 bridgehead atoms. The zero-order valence-electron chi connectivity index (χ0n) is 8.14. The number of carbonyl (C=O) groups excluding carboxylic acids is 1. The summed E-state index contributed by atoms with van der Waals surface area (Å²) in [5.74, 6) is -0.288. The van der Waals surface area contributed by atoms with Crippen LogP contribution in [0.2, 0.25) is 0 Å². The molecule has 0 fully saturated rings. The van der Waals surface area contributed by atoms with Crippen LogP contribution in [-0.2, 0) is 9.53 Å². The summed E-state index contributed by atoms with van der Waals surface area (Å²) in [4.78, 5) is 11.1. The fourth-order valence-corrected chi connectivity index (χ4v) is 0.600. The molecule has 0 aromatic carbocycles. The Bertz CT molecular complexity index is 176. The quantitative estimate of drug-likeness (QED) is 0.367. The second-order valence-corrected chi connectivity index (χ2v) is 2.97. The van der Waals surface area contributed by atoms with Crippen LogP contribution in [0.15, 0.2) is 11.1 Å². The summed E-state index contributed by atoms with van der Waals surface area (Å²) >= 11 is 0. The van der Waals surface area contributed by atoms with Crippen LogP contribution in [0, 0.1) is 6.92 Å². The van der Waals surface area contributed by atoms with Crippen molar-refractivity contribution in [2.24, 2.45) is 0 Å². The van der Waals surface area contributed by atoms with Crippen LogP contribution < -0.4 is 0 Å². The van der Waals surface area contributed by atoms with Crippen molar-refractivity contribution < 1.29 is 9.53 Å².